The van der Waals surface area contributed by atoms with Gasteiger partial charge in [0.05, 0.1) is 5.57 Å². The van der Waals surface area contributed by atoms with Gasteiger partial charge in [-0.3, -0.25) is 0 Å². The summed E-state index contributed by atoms with van der Waals surface area (Å²) in [5, 5.41) is 8.06. The van der Waals surface area contributed by atoms with Gasteiger partial charge < -0.3 is 5.11 Å². The van der Waals surface area contributed by atoms with Crippen LogP contribution >= 0.6 is 0 Å². The first kappa shape index (κ1) is 7.14. The van der Waals surface area contributed by atoms with Crippen LogP contribution in [0.4, 0.5) is 4.39 Å². The number of hydrogen-bond donors (Lipinski definition) is 1. The van der Waals surface area contributed by atoms with E-state index in [0.717, 1.165) is 0 Å². The molecule has 0 aliphatic rings. The lowest BCUT2D eigenvalue weighted by Crippen LogP contribution is -2.00. The lowest BCUT2D eigenvalue weighted by atomic mass is 10.3. The fraction of sp³-hybridized carbons (Fsp3) is 0.400. The Kier molecular flexibility index (Phi) is 2.84. The van der Waals surface area contributed by atoms with E-state index in [1.807, 2.05) is 0 Å². The van der Waals surface area contributed by atoms with E-state index in [2.05, 4.69) is 0 Å². The molecule has 0 heterocycles. The number of hydrogen-bond acceptors (Lipinski definition) is 1. The second kappa shape index (κ2) is 3.18. The first-order valence-corrected chi connectivity index (χ1v) is 2.16. The van der Waals surface area contributed by atoms with Crippen LogP contribution in [0.2, 0.25) is 0 Å². The van der Waals surface area contributed by atoms with Gasteiger partial charge in [0.2, 0.25) is 0 Å². The van der Waals surface area contributed by atoms with Crippen molar-refractivity contribution in [3.63, 3.8) is 0 Å². The molecular weight excluding hydrogens is 111 g/mol. The van der Waals surface area contributed by atoms with Gasteiger partial charge in [-0.1, -0.05) is 6.08 Å². The fourth-order valence-electron chi connectivity index (χ4n) is 0.258. The summed E-state index contributed by atoms with van der Waals surface area (Å²) in [6.07, 6.45) is 1.24. The largest absolute Gasteiger partial charge is 0.478 e. The summed E-state index contributed by atoms with van der Waals surface area (Å²) in [6, 6.07) is 0. The number of alkyl halides is 1. The summed E-state index contributed by atoms with van der Waals surface area (Å²) in [7, 11) is 0. The second-order valence-corrected chi connectivity index (χ2v) is 1.25. The molecular formula is C5H7FO2. The van der Waals surface area contributed by atoms with Gasteiger partial charge >= 0.3 is 5.97 Å². The molecule has 2 nitrogen and oxygen atoms in total. The summed E-state index contributed by atoms with van der Waals surface area (Å²) in [6.45, 7) is 0.592. The number of carbonyl (C=O) groups is 1. The van der Waals surface area contributed by atoms with E-state index >= 15 is 0 Å². The van der Waals surface area contributed by atoms with Crippen molar-refractivity contribution in [3.05, 3.63) is 11.6 Å². The van der Waals surface area contributed by atoms with E-state index in [0.29, 0.717) is 0 Å². The zero-order valence-electron chi connectivity index (χ0n) is 4.52. The SMILES string of the molecule is C/C=C(\CF)C(=O)O. The van der Waals surface area contributed by atoms with E-state index < -0.39 is 12.6 Å². The summed E-state index contributed by atoms with van der Waals surface area (Å²) in [4.78, 5) is 9.85. The van der Waals surface area contributed by atoms with Crippen LogP contribution in [0, 0.1) is 0 Å². The second-order valence-electron chi connectivity index (χ2n) is 1.25. The van der Waals surface area contributed by atoms with Crippen LogP contribution in [0.15, 0.2) is 11.6 Å². The molecule has 3 heteroatoms. The highest BCUT2D eigenvalue weighted by molar-refractivity contribution is 5.86. The van der Waals surface area contributed by atoms with Crippen molar-refractivity contribution >= 4 is 5.97 Å². The molecule has 0 unspecified atom stereocenters. The Bertz CT molecular complexity index is 118. The predicted molar refractivity (Wildman–Crippen MR) is 27.4 cm³/mol. The molecule has 0 radical (unpaired) electrons. The average molecular weight is 118 g/mol. The van der Waals surface area contributed by atoms with E-state index in [4.69, 9.17) is 5.11 Å². The molecule has 0 aliphatic carbocycles. The topological polar surface area (TPSA) is 37.3 Å². The van der Waals surface area contributed by atoms with Crippen LogP contribution in [-0.4, -0.2) is 17.8 Å². The summed E-state index contributed by atoms with van der Waals surface area (Å²) in [5.41, 5.74) is -0.190. The smallest absolute Gasteiger partial charge is 0.333 e. The molecule has 0 fully saturated rings. The molecule has 0 aromatic carbocycles. The maximum absolute atomic E-state index is 11.5. The predicted octanol–water partition coefficient (Wildman–Crippen LogP) is 0.987. The van der Waals surface area contributed by atoms with Crippen molar-refractivity contribution in [1.82, 2.24) is 0 Å². The Morgan fingerprint density at radius 3 is 2.38 bits per heavy atom. The molecule has 0 atom stereocenters. The zero-order chi connectivity index (χ0) is 6.57. The van der Waals surface area contributed by atoms with E-state index in [-0.39, 0.29) is 5.57 Å². The Hall–Kier alpha value is -0.860. The quantitative estimate of drug-likeness (QED) is 0.549. The van der Waals surface area contributed by atoms with Crippen LogP contribution in [-0.2, 0) is 4.79 Å². The van der Waals surface area contributed by atoms with Crippen LogP contribution in [0.1, 0.15) is 6.92 Å². The molecule has 46 valence electrons. The van der Waals surface area contributed by atoms with Gasteiger partial charge in [-0.25, -0.2) is 9.18 Å². The Balaban J connectivity index is 3.92. The highest BCUT2D eigenvalue weighted by atomic mass is 19.1. The normalized spacial score (nSPS) is 11.5. The van der Waals surface area contributed by atoms with Crippen LogP contribution in [0.3, 0.4) is 0 Å². The van der Waals surface area contributed by atoms with Crippen molar-refractivity contribution in [2.24, 2.45) is 0 Å². The minimum atomic E-state index is -1.19. The van der Waals surface area contributed by atoms with Crippen LogP contribution in [0.5, 0.6) is 0 Å². The maximum Gasteiger partial charge on any atom is 0.333 e. The molecule has 0 aliphatic heterocycles. The van der Waals surface area contributed by atoms with Gasteiger partial charge in [0, 0.05) is 0 Å². The molecule has 0 saturated carbocycles. The van der Waals surface area contributed by atoms with Crippen molar-refractivity contribution in [2.45, 2.75) is 6.92 Å². The number of carboxylic acid groups (broad SMARTS) is 1. The summed E-state index contributed by atoms with van der Waals surface area (Å²) >= 11 is 0. The molecule has 0 amide bonds. The number of rotatable bonds is 2. The molecule has 0 saturated heterocycles. The molecule has 8 heavy (non-hydrogen) atoms. The summed E-state index contributed by atoms with van der Waals surface area (Å²) in [5.74, 6) is -1.19. The third-order valence-electron chi connectivity index (χ3n) is 0.767. The van der Waals surface area contributed by atoms with Gasteiger partial charge in [0.1, 0.15) is 6.67 Å². The Morgan fingerprint density at radius 2 is 2.38 bits per heavy atom. The minimum Gasteiger partial charge on any atom is -0.478 e. The molecule has 0 aromatic heterocycles. The van der Waals surface area contributed by atoms with Crippen LogP contribution in [0.25, 0.3) is 0 Å². The van der Waals surface area contributed by atoms with Gasteiger partial charge in [0.15, 0.2) is 0 Å². The Morgan fingerprint density at radius 1 is 1.88 bits per heavy atom. The zero-order valence-corrected chi connectivity index (χ0v) is 4.52. The Labute approximate surface area is 46.6 Å². The standard InChI is InChI=1S/C5H7FO2/c1-2-4(3-6)5(7)8/h2H,3H2,1H3,(H,7,8)/b4-2+. The van der Waals surface area contributed by atoms with E-state index in [1.165, 1.54) is 13.0 Å². The lowest BCUT2D eigenvalue weighted by Gasteiger charge is -1.88. The monoisotopic (exact) mass is 118 g/mol. The number of halogens is 1. The van der Waals surface area contributed by atoms with Gasteiger partial charge in [0.25, 0.3) is 0 Å². The first-order valence-electron chi connectivity index (χ1n) is 2.16. The molecule has 0 aromatic rings. The summed E-state index contributed by atoms with van der Waals surface area (Å²) < 4.78 is 11.5. The minimum absolute atomic E-state index is 0.190. The number of aliphatic carboxylic acids is 1. The van der Waals surface area contributed by atoms with Crippen molar-refractivity contribution in [1.29, 1.82) is 0 Å². The van der Waals surface area contributed by atoms with Gasteiger partial charge in [-0.15, -0.1) is 0 Å². The molecule has 1 N–H and O–H groups in total. The molecule has 0 spiro atoms. The third kappa shape index (κ3) is 1.73. The van der Waals surface area contributed by atoms with E-state index in [1.54, 1.807) is 0 Å². The van der Waals surface area contributed by atoms with Crippen molar-refractivity contribution < 1.29 is 14.3 Å². The number of carboxylic acids is 1. The first-order chi connectivity index (χ1) is 3.72. The highest BCUT2D eigenvalue weighted by Gasteiger charge is 2.02. The van der Waals surface area contributed by atoms with Gasteiger partial charge in [-0.2, -0.15) is 0 Å². The average Bonchev–Trinajstić information content (AvgIpc) is 1.69. The molecule has 0 bridgehead atoms. The van der Waals surface area contributed by atoms with Gasteiger partial charge in [-0.05, 0) is 6.92 Å². The number of allylic oxidation sites excluding steroid dienone is 1. The highest BCUT2D eigenvalue weighted by Crippen LogP contribution is 1.92. The maximum atomic E-state index is 11.5. The third-order valence-corrected chi connectivity index (χ3v) is 0.767. The van der Waals surface area contributed by atoms with Crippen molar-refractivity contribution in [3.8, 4) is 0 Å². The van der Waals surface area contributed by atoms with Crippen molar-refractivity contribution in [2.75, 3.05) is 6.67 Å². The van der Waals surface area contributed by atoms with E-state index in [9.17, 15) is 9.18 Å². The fourth-order valence-corrected chi connectivity index (χ4v) is 0.258. The molecule has 0 rings (SSSR count). The van der Waals surface area contributed by atoms with Crippen LogP contribution < -0.4 is 0 Å². The lowest BCUT2D eigenvalue weighted by molar-refractivity contribution is -0.132.